The third-order valence-electron chi connectivity index (χ3n) is 6.90. The largest absolute Gasteiger partial charge is 0.598 e. The zero-order valence-electron chi connectivity index (χ0n) is 19.3. The van der Waals surface area contributed by atoms with E-state index in [1.165, 1.54) is 10.6 Å². The number of hydrogen-bond acceptors (Lipinski definition) is 10. The molecule has 0 spiro atoms. The Kier molecular flexibility index (Phi) is 8.83. The van der Waals surface area contributed by atoms with Crippen molar-refractivity contribution in [3.63, 3.8) is 0 Å². The smallest absolute Gasteiger partial charge is 0.411 e. The molecule has 7 unspecified atom stereocenters. The van der Waals surface area contributed by atoms with E-state index in [4.69, 9.17) is 4.74 Å². The van der Waals surface area contributed by atoms with E-state index in [2.05, 4.69) is 37.2 Å². The van der Waals surface area contributed by atoms with Crippen molar-refractivity contribution in [1.82, 2.24) is 41.5 Å². The number of sulfonamides is 1. The first-order valence-corrected chi connectivity index (χ1v) is 13.8. The van der Waals surface area contributed by atoms with E-state index in [1.807, 2.05) is 0 Å². The first-order chi connectivity index (χ1) is 16.0. The van der Waals surface area contributed by atoms with Gasteiger partial charge in [-0.3, -0.25) is 26.6 Å². The maximum Gasteiger partial charge on any atom is 0.411 e. The number of piperazine rings is 1. The molecule has 3 aliphatic heterocycles. The number of fused-ring (bicyclic) bond motifs is 1. The lowest BCUT2D eigenvalue weighted by Crippen LogP contribution is -2.77. The zero-order valence-corrected chi connectivity index (χ0v) is 20.1. The lowest BCUT2D eigenvalue weighted by molar-refractivity contribution is -0.199. The molecule has 0 amide bonds. The van der Waals surface area contributed by atoms with E-state index in [0.29, 0.717) is 38.0 Å². The molecule has 4 aliphatic rings. The molecular formula is C19H37F3N8O3S. The van der Waals surface area contributed by atoms with Crippen LogP contribution in [0.3, 0.4) is 0 Å². The van der Waals surface area contributed by atoms with Gasteiger partial charge in [-0.15, -0.1) is 4.31 Å². The maximum absolute atomic E-state index is 12.7. The highest BCUT2D eigenvalue weighted by Crippen LogP contribution is 2.22. The minimum atomic E-state index is -4.43. The highest BCUT2D eigenvalue weighted by atomic mass is 32.3. The molecule has 11 nitrogen and oxygen atoms in total. The lowest BCUT2D eigenvalue weighted by Gasteiger charge is -2.45. The summed E-state index contributed by atoms with van der Waals surface area (Å²) in [5, 5.41) is 23.3. The molecule has 0 bridgehead atoms. The van der Waals surface area contributed by atoms with Crippen LogP contribution in [0, 0.1) is 0 Å². The third kappa shape index (κ3) is 7.77. The predicted molar refractivity (Wildman–Crippen MR) is 120 cm³/mol. The van der Waals surface area contributed by atoms with Crippen LogP contribution in [0.5, 0.6) is 0 Å². The van der Waals surface area contributed by atoms with Crippen molar-refractivity contribution < 1.29 is 26.7 Å². The summed E-state index contributed by atoms with van der Waals surface area (Å²) in [6, 6.07) is 1.03. The van der Waals surface area contributed by atoms with E-state index in [0.717, 1.165) is 32.4 Å². The van der Waals surface area contributed by atoms with Crippen LogP contribution in [0.15, 0.2) is 0 Å². The molecule has 3 heterocycles. The minimum Gasteiger partial charge on any atom is -0.598 e. The van der Waals surface area contributed by atoms with Gasteiger partial charge in [-0.25, -0.2) is 0 Å². The van der Waals surface area contributed by atoms with Crippen molar-refractivity contribution in [1.29, 1.82) is 0 Å². The van der Waals surface area contributed by atoms with Gasteiger partial charge in [-0.2, -0.15) is 13.2 Å². The van der Waals surface area contributed by atoms with Gasteiger partial charge in [0.15, 0.2) is 6.35 Å². The van der Waals surface area contributed by atoms with E-state index < -0.39 is 42.1 Å². The molecule has 7 N–H and O–H groups in total. The fraction of sp³-hybridized carbons (Fsp3) is 1.00. The second kappa shape index (κ2) is 11.3. The van der Waals surface area contributed by atoms with Crippen LogP contribution in [-0.4, -0.2) is 97.2 Å². The molecule has 1 saturated carbocycles. The minimum absolute atomic E-state index is 0.0120. The van der Waals surface area contributed by atoms with Crippen molar-refractivity contribution in [2.45, 2.75) is 81.4 Å². The summed E-state index contributed by atoms with van der Waals surface area (Å²) in [6.07, 6.45) is -1.12. The molecular weight excluding hydrogens is 477 g/mol. The molecule has 0 aromatic rings. The average Bonchev–Trinajstić information content (AvgIpc) is 2.77. The van der Waals surface area contributed by atoms with Crippen LogP contribution < -0.4 is 37.2 Å². The highest BCUT2D eigenvalue weighted by Gasteiger charge is 2.37. The normalized spacial score (nSPS) is 38.3. The number of rotatable bonds is 7. The fourth-order valence-corrected chi connectivity index (χ4v) is 6.09. The summed E-state index contributed by atoms with van der Waals surface area (Å²) >= 11 is 0. The van der Waals surface area contributed by atoms with Gasteiger partial charge < -0.3 is 19.9 Å². The van der Waals surface area contributed by atoms with Gasteiger partial charge in [0.1, 0.15) is 35.8 Å². The van der Waals surface area contributed by atoms with Crippen LogP contribution >= 0.6 is 0 Å². The molecule has 4 rings (SSSR count). The summed E-state index contributed by atoms with van der Waals surface area (Å²) < 4.78 is 68.2. The van der Waals surface area contributed by atoms with Crippen molar-refractivity contribution in [3.05, 3.63) is 0 Å². The predicted octanol–water partition coefficient (Wildman–Crippen LogP) is -1.50. The molecule has 15 heteroatoms. The van der Waals surface area contributed by atoms with Crippen LogP contribution in [-0.2, 0) is 19.3 Å². The van der Waals surface area contributed by atoms with Crippen molar-refractivity contribution in [3.8, 4) is 0 Å². The number of ether oxygens (including phenoxy) is 1. The van der Waals surface area contributed by atoms with Gasteiger partial charge in [0, 0.05) is 50.3 Å². The number of nitrogens with zero attached hydrogens (tertiary/aromatic N) is 1. The summed E-state index contributed by atoms with van der Waals surface area (Å²) in [4.78, 5) is 0. The second-order valence-electron chi connectivity index (χ2n) is 9.57. The standard InChI is InChI=1S/C19H37F3N8O3S/c1-34(31,32)30-8-4-12(5-9-30)25-16-27-17(29-18(28-16)33-11-19(20,21)22)26-13-2-3-14-15(10-13)24-7-6-23-14/h12-18,23-29H,2-11H2,1H3. The number of alkyl halides is 3. The number of hydrogen-bond donors (Lipinski definition) is 7. The van der Waals surface area contributed by atoms with Crippen molar-refractivity contribution >= 4 is 10.4 Å². The van der Waals surface area contributed by atoms with Crippen LogP contribution in [0.2, 0.25) is 0 Å². The van der Waals surface area contributed by atoms with E-state index in [-0.39, 0.29) is 12.1 Å². The highest BCUT2D eigenvalue weighted by molar-refractivity contribution is 7.94. The Hall–Kier alpha value is -0.460. The average molecular weight is 515 g/mol. The molecule has 0 aromatic carbocycles. The monoisotopic (exact) mass is 514 g/mol. The van der Waals surface area contributed by atoms with E-state index in [9.17, 15) is 21.9 Å². The SMILES string of the molecule is C[S+](=O)([O-])N1CCC(NC2NC(NC3CCC4NCCNC4C3)NC(OCC(F)(F)F)N2)CC1. The van der Waals surface area contributed by atoms with Crippen molar-refractivity contribution in [2.75, 3.05) is 39.0 Å². The van der Waals surface area contributed by atoms with Crippen molar-refractivity contribution in [2.24, 2.45) is 0 Å². The van der Waals surface area contributed by atoms with E-state index in [1.54, 1.807) is 0 Å². The summed E-state index contributed by atoms with van der Waals surface area (Å²) in [6.45, 7) is 1.33. The summed E-state index contributed by atoms with van der Waals surface area (Å²) in [5.74, 6) is 0. The Balaban J connectivity index is 1.32. The molecule has 4 fully saturated rings. The van der Waals surface area contributed by atoms with Gasteiger partial charge >= 0.3 is 6.18 Å². The Morgan fingerprint density at radius 3 is 2.21 bits per heavy atom. The topological polar surface area (TPSA) is 137 Å². The first-order valence-electron chi connectivity index (χ1n) is 12.0. The Labute approximate surface area is 199 Å². The molecule has 0 radical (unpaired) electrons. The number of piperidine rings is 1. The van der Waals surface area contributed by atoms with Crippen LogP contribution in [0.1, 0.15) is 32.1 Å². The first kappa shape index (κ1) is 26.6. The van der Waals surface area contributed by atoms with Gasteiger partial charge in [-0.1, -0.05) is 4.21 Å². The van der Waals surface area contributed by atoms with Gasteiger partial charge in [-0.05, 0) is 32.1 Å². The molecule has 34 heavy (non-hydrogen) atoms. The zero-order chi connectivity index (χ0) is 24.3. The molecule has 3 saturated heterocycles. The van der Waals surface area contributed by atoms with Gasteiger partial charge in [0.2, 0.25) is 0 Å². The van der Waals surface area contributed by atoms with Crippen LogP contribution in [0.4, 0.5) is 13.2 Å². The number of halogens is 3. The second-order valence-corrected chi connectivity index (χ2v) is 11.6. The van der Waals surface area contributed by atoms with Crippen LogP contribution in [0.25, 0.3) is 0 Å². The Morgan fingerprint density at radius 1 is 0.971 bits per heavy atom. The molecule has 0 aromatic heterocycles. The quantitative estimate of drug-likeness (QED) is 0.201. The molecule has 7 atom stereocenters. The molecule has 198 valence electrons. The lowest BCUT2D eigenvalue weighted by atomic mass is 9.85. The summed E-state index contributed by atoms with van der Waals surface area (Å²) in [7, 11) is -3.23. The Bertz CT molecular complexity index is 709. The maximum atomic E-state index is 12.7. The number of nitrogens with one attached hydrogen (secondary N) is 7. The fourth-order valence-electron chi connectivity index (χ4n) is 5.21. The van der Waals surface area contributed by atoms with Gasteiger partial charge in [0.25, 0.3) is 0 Å². The third-order valence-corrected chi connectivity index (χ3v) is 8.20. The Morgan fingerprint density at radius 2 is 1.59 bits per heavy atom. The summed E-state index contributed by atoms with van der Waals surface area (Å²) in [5.41, 5.74) is 0. The molecule has 1 aliphatic carbocycles. The van der Waals surface area contributed by atoms with E-state index >= 15 is 0 Å². The van der Waals surface area contributed by atoms with Gasteiger partial charge in [0.05, 0.1) is 0 Å².